The van der Waals surface area contributed by atoms with Gasteiger partial charge in [-0.15, -0.1) is 11.3 Å². The normalized spacial score (nSPS) is 17.2. The summed E-state index contributed by atoms with van der Waals surface area (Å²) in [5.74, 6) is 0. The van der Waals surface area contributed by atoms with Crippen molar-refractivity contribution in [1.82, 2.24) is 0 Å². The number of anilines is 3. The third kappa shape index (κ3) is 3.49. The van der Waals surface area contributed by atoms with E-state index in [0.717, 1.165) is 20.2 Å². The lowest BCUT2D eigenvalue weighted by Gasteiger charge is -2.45. The number of nitrogens with zero attached hydrogens (tertiary/aromatic N) is 1. The van der Waals surface area contributed by atoms with Gasteiger partial charge in [0.05, 0.1) is 11.4 Å². The van der Waals surface area contributed by atoms with Crippen LogP contribution in [0.3, 0.4) is 0 Å². The SMILES string of the molecule is CC1(C)c2ccccc2N(c2ccc3c(c2)C(C)(C)c2cc4sc5ccccc5c(=O)c4cc2C3(C)C)c2ccccc21. The summed E-state index contributed by atoms with van der Waals surface area (Å²) in [6, 6.07) is 37.3. The zero-order valence-electron chi connectivity index (χ0n) is 25.6. The highest BCUT2D eigenvalue weighted by molar-refractivity contribution is 7.24. The highest BCUT2D eigenvalue weighted by Crippen LogP contribution is 2.55. The van der Waals surface area contributed by atoms with Gasteiger partial charge in [0.1, 0.15) is 0 Å². The van der Waals surface area contributed by atoms with Crippen LogP contribution in [0.25, 0.3) is 20.2 Å². The van der Waals surface area contributed by atoms with Crippen LogP contribution in [0.5, 0.6) is 0 Å². The van der Waals surface area contributed by atoms with E-state index in [-0.39, 0.29) is 21.7 Å². The molecular formula is C40H35NOS. The van der Waals surface area contributed by atoms with Crippen molar-refractivity contribution in [3.05, 3.63) is 147 Å². The van der Waals surface area contributed by atoms with Gasteiger partial charge in [-0.1, -0.05) is 96.1 Å². The molecule has 5 aromatic carbocycles. The van der Waals surface area contributed by atoms with Crippen LogP contribution in [-0.2, 0) is 16.2 Å². The Morgan fingerprint density at radius 2 is 1.02 bits per heavy atom. The zero-order valence-corrected chi connectivity index (χ0v) is 26.4. The molecule has 0 saturated carbocycles. The monoisotopic (exact) mass is 577 g/mol. The lowest BCUT2D eigenvalue weighted by Crippen LogP contribution is -2.37. The van der Waals surface area contributed by atoms with E-state index in [1.54, 1.807) is 11.3 Å². The molecular weight excluding hydrogens is 543 g/mol. The van der Waals surface area contributed by atoms with Gasteiger partial charge in [-0.3, -0.25) is 4.79 Å². The van der Waals surface area contributed by atoms with Gasteiger partial charge >= 0.3 is 0 Å². The molecule has 0 N–H and O–H groups in total. The maximum Gasteiger partial charge on any atom is 0.195 e. The van der Waals surface area contributed by atoms with E-state index in [1.165, 1.54) is 50.4 Å². The Morgan fingerprint density at radius 1 is 0.488 bits per heavy atom. The van der Waals surface area contributed by atoms with Crippen LogP contribution < -0.4 is 10.3 Å². The van der Waals surface area contributed by atoms with E-state index >= 15 is 0 Å². The van der Waals surface area contributed by atoms with Gasteiger partial charge in [0.15, 0.2) is 5.43 Å². The molecule has 0 radical (unpaired) electrons. The molecule has 3 heteroatoms. The Hall–Kier alpha value is -4.21. The smallest absolute Gasteiger partial charge is 0.195 e. The summed E-state index contributed by atoms with van der Waals surface area (Å²) in [4.78, 5) is 16.1. The summed E-state index contributed by atoms with van der Waals surface area (Å²) in [5, 5.41) is 1.64. The number of para-hydroxylation sites is 2. The number of rotatable bonds is 1. The quantitative estimate of drug-likeness (QED) is 0.181. The summed E-state index contributed by atoms with van der Waals surface area (Å²) in [6.07, 6.45) is 0. The first kappa shape index (κ1) is 26.4. The van der Waals surface area contributed by atoms with Crippen molar-refractivity contribution in [1.29, 1.82) is 0 Å². The highest BCUT2D eigenvalue weighted by atomic mass is 32.1. The van der Waals surface area contributed by atoms with E-state index < -0.39 is 0 Å². The van der Waals surface area contributed by atoms with E-state index in [2.05, 4.69) is 131 Å². The fourth-order valence-electron chi connectivity index (χ4n) is 7.85. The molecule has 1 aliphatic heterocycles. The minimum Gasteiger partial charge on any atom is -0.310 e. The Bertz CT molecular complexity index is 2150. The van der Waals surface area contributed by atoms with Crippen molar-refractivity contribution >= 4 is 48.6 Å². The number of hydrogen-bond acceptors (Lipinski definition) is 3. The summed E-state index contributed by atoms with van der Waals surface area (Å²) < 4.78 is 2.10. The molecule has 0 bridgehead atoms. The first-order valence-electron chi connectivity index (χ1n) is 15.2. The highest BCUT2D eigenvalue weighted by Gasteiger charge is 2.43. The van der Waals surface area contributed by atoms with Crippen molar-refractivity contribution in [2.45, 2.75) is 57.8 Å². The number of benzene rings is 5. The van der Waals surface area contributed by atoms with Crippen LogP contribution in [0.15, 0.2) is 108 Å². The molecule has 1 aromatic heterocycles. The van der Waals surface area contributed by atoms with Crippen LogP contribution in [-0.4, -0.2) is 0 Å². The average Bonchev–Trinajstić information content (AvgIpc) is 3.00. The van der Waals surface area contributed by atoms with Crippen molar-refractivity contribution in [2.24, 2.45) is 0 Å². The Morgan fingerprint density at radius 3 is 1.72 bits per heavy atom. The van der Waals surface area contributed by atoms with Gasteiger partial charge in [-0.25, -0.2) is 0 Å². The summed E-state index contributed by atoms with van der Waals surface area (Å²) in [6.45, 7) is 14.0. The predicted molar refractivity (Wildman–Crippen MR) is 183 cm³/mol. The van der Waals surface area contributed by atoms with Gasteiger partial charge in [-0.05, 0) is 81.9 Å². The Labute approximate surface area is 257 Å². The van der Waals surface area contributed by atoms with Gasteiger partial charge in [-0.2, -0.15) is 0 Å². The third-order valence-corrected chi connectivity index (χ3v) is 11.4. The zero-order chi connectivity index (χ0) is 29.9. The van der Waals surface area contributed by atoms with Gasteiger partial charge < -0.3 is 4.90 Å². The van der Waals surface area contributed by atoms with E-state index in [1.807, 2.05) is 18.2 Å². The Balaban J connectivity index is 1.37. The summed E-state index contributed by atoms with van der Waals surface area (Å²) in [5.41, 5.74) is 11.1. The van der Waals surface area contributed by atoms with Crippen molar-refractivity contribution < 1.29 is 0 Å². The second-order valence-corrected chi connectivity index (χ2v) is 14.9. The fraction of sp³-hybridized carbons (Fsp3) is 0.225. The van der Waals surface area contributed by atoms with Crippen molar-refractivity contribution in [2.75, 3.05) is 4.90 Å². The van der Waals surface area contributed by atoms with Gasteiger partial charge in [0.25, 0.3) is 0 Å². The summed E-state index contributed by atoms with van der Waals surface area (Å²) >= 11 is 1.72. The molecule has 0 saturated heterocycles. The van der Waals surface area contributed by atoms with Gasteiger partial charge in [0.2, 0.25) is 0 Å². The van der Waals surface area contributed by atoms with Crippen LogP contribution in [0, 0.1) is 0 Å². The maximum absolute atomic E-state index is 13.7. The molecule has 212 valence electrons. The van der Waals surface area contributed by atoms with Crippen molar-refractivity contribution in [3.8, 4) is 0 Å². The van der Waals surface area contributed by atoms with E-state index in [4.69, 9.17) is 0 Å². The minimum absolute atomic E-state index is 0.0924. The second-order valence-electron chi connectivity index (χ2n) is 13.8. The first-order chi connectivity index (χ1) is 20.5. The van der Waals surface area contributed by atoms with Gasteiger partial charge in [0, 0.05) is 42.1 Å². The maximum atomic E-state index is 13.7. The molecule has 2 aliphatic rings. The molecule has 2 heterocycles. The van der Waals surface area contributed by atoms with Crippen LogP contribution in [0.1, 0.15) is 74.9 Å². The molecule has 8 rings (SSSR count). The topological polar surface area (TPSA) is 20.3 Å². The molecule has 1 aliphatic carbocycles. The lowest BCUT2D eigenvalue weighted by atomic mass is 9.60. The van der Waals surface area contributed by atoms with Crippen LogP contribution in [0.4, 0.5) is 17.1 Å². The van der Waals surface area contributed by atoms with Crippen molar-refractivity contribution in [3.63, 3.8) is 0 Å². The average molecular weight is 578 g/mol. The number of hydrogen-bond donors (Lipinski definition) is 0. The van der Waals surface area contributed by atoms with E-state index in [0.29, 0.717) is 0 Å². The molecule has 0 unspecified atom stereocenters. The van der Waals surface area contributed by atoms with Crippen LogP contribution in [0.2, 0.25) is 0 Å². The molecule has 6 aromatic rings. The fourth-order valence-corrected chi connectivity index (χ4v) is 8.95. The van der Waals surface area contributed by atoms with E-state index in [9.17, 15) is 4.79 Å². The first-order valence-corrected chi connectivity index (χ1v) is 16.0. The molecule has 0 fully saturated rings. The molecule has 0 atom stereocenters. The second kappa shape index (κ2) is 8.67. The lowest BCUT2D eigenvalue weighted by molar-refractivity contribution is 0.522. The largest absolute Gasteiger partial charge is 0.310 e. The standard InChI is InChI=1S/C40H35NOS/c1-38(2)27-20-19-24(41-33-16-10-8-14-28(33)39(3,4)29-15-9-11-17-34(29)41)21-30(27)40(5,6)32-23-36-26(22-31(32)38)37(42)25-13-7-12-18-35(25)43-36/h7-23H,1-6H3. The predicted octanol–water partition coefficient (Wildman–Crippen LogP) is 10.5. The molecule has 0 amide bonds. The third-order valence-electron chi connectivity index (χ3n) is 10.3. The number of fused-ring (bicyclic) bond motifs is 6. The van der Waals surface area contributed by atoms with Crippen LogP contribution >= 0.6 is 11.3 Å². The Kier molecular flexibility index (Phi) is 5.33. The molecule has 0 spiro atoms. The molecule has 43 heavy (non-hydrogen) atoms. The minimum atomic E-state index is -0.255. The molecule has 2 nitrogen and oxygen atoms in total. The summed E-state index contributed by atoms with van der Waals surface area (Å²) in [7, 11) is 0.